The van der Waals surface area contributed by atoms with Crippen LogP contribution in [0.2, 0.25) is 0 Å². The fourth-order valence-electron chi connectivity index (χ4n) is 2.39. The number of imidazole rings is 1. The van der Waals surface area contributed by atoms with E-state index in [-0.39, 0.29) is 7.33 Å². The number of aryl methyl sites for hydroxylation is 3. The molecular formula is C16H19N5O2. The number of hydrogen-bond donors (Lipinski definition) is 1. The zero-order valence-corrected chi connectivity index (χ0v) is 13.4. The van der Waals surface area contributed by atoms with Gasteiger partial charge in [0.2, 0.25) is 5.91 Å². The summed E-state index contributed by atoms with van der Waals surface area (Å²) in [7, 11) is 1.95. The molecule has 0 fully saturated rings. The number of carbonyl (C=O) groups is 1. The lowest BCUT2D eigenvalue weighted by Crippen LogP contribution is -2.07. The second-order valence-corrected chi connectivity index (χ2v) is 5.30. The molecular weight excluding hydrogens is 294 g/mol. The molecule has 1 amide bonds. The molecule has 0 unspecified atom stereocenters. The lowest BCUT2D eigenvalue weighted by molar-refractivity contribution is -0.114. The number of anilines is 1. The Labute approximate surface area is 134 Å². The molecule has 0 bridgehead atoms. The number of rotatable bonds is 3. The fraction of sp³-hybridized carbons (Fsp3) is 0.250. The van der Waals surface area contributed by atoms with Crippen molar-refractivity contribution < 1.29 is 11.0 Å². The molecule has 0 aliphatic rings. The SMILES string of the molecule is CC(=O)Nc1cc(Oc2cnc3nc(C)n(C)c3c2C)ccn1.[HH]. The number of nitrogens with one attached hydrogen (secondary N) is 1. The van der Waals surface area contributed by atoms with E-state index in [1.165, 1.54) is 6.92 Å². The Kier molecular flexibility index (Phi) is 3.69. The van der Waals surface area contributed by atoms with Gasteiger partial charge in [0, 0.05) is 33.2 Å². The topological polar surface area (TPSA) is 81.9 Å². The summed E-state index contributed by atoms with van der Waals surface area (Å²) in [4.78, 5) is 23.9. The van der Waals surface area contributed by atoms with Crippen LogP contribution in [0.1, 0.15) is 19.7 Å². The molecule has 120 valence electrons. The van der Waals surface area contributed by atoms with Crippen LogP contribution in [0, 0.1) is 13.8 Å². The van der Waals surface area contributed by atoms with Crippen LogP contribution >= 0.6 is 0 Å². The van der Waals surface area contributed by atoms with Gasteiger partial charge >= 0.3 is 0 Å². The average molecular weight is 313 g/mol. The summed E-state index contributed by atoms with van der Waals surface area (Å²) in [6, 6.07) is 3.39. The van der Waals surface area contributed by atoms with Crippen LogP contribution in [0.25, 0.3) is 11.2 Å². The normalized spacial score (nSPS) is 10.8. The Morgan fingerprint density at radius 3 is 2.87 bits per heavy atom. The van der Waals surface area contributed by atoms with E-state index in [1.54, 1.807) is 24.5 Å². The highest BCUT2D eigenvalue weighted by molar-refractivity contribution is 5.87. The number of hydrogen-bond acceptors (Lipinski definition) is 5. The Morgan fingerprint density at radius 2 is 2.13 bits per heavy atom. The third kappa shape index (κ3) is 2.85. The van der Waals surface area contributed by atoms with Crippen molar-refractivity contribution in [3.8, 4) is 11.5 Å². The zero-order chi connectivity index (χ0) is 16.6. The van der Waals surface area contributed by atoms with Crippen molar-refractivity contribution in [2.75, 3.05) is 5.32 Å². The van der Waals surface area contributed by atoms with Crippen molar-refractivity contribution in [2.45, 2.75) is 20.8 Å². The predicted molar refractivity (Wildman–Crippen MR) is 88.7 cm³/mol. The van der Waals surface area contributed by atoms with Gasteiger partial charge in [-0.25, -0.2) is 15.0 Å². The lowest BCUT2D eigenvalue weighted by atomic mass is 10.2. The van der Waals surface area contributed by atoms with E-state index in [0.29, 0.717) is 23.0 Å². The van der Waals surface area contributed by atoms with Gasteiger partial charge in [-0.1, -0.05) is 0 Å². The highest BCUT2D eigenvalue weighted by atomic mass is 16.5. The molecule has 3 rings (SSSR count). The number of pyridine rings is 2. The number of aromatic nitrogens is 4. The Balaban J connectivity index is 0.00000208. The van der Waals surface area contributed by atoms with Gasteiger partial charge in [-0.15, -0.1) is 0 Å². The Bertz CT molecular complexity index is 907. The third-order valence-corrected chi connectivity index (χ3v) is 3.59. The summed E-state index contributed by atoms with van der Waals surface area (Å²) in [5.74, 6) is 2.37. The molecule has 1 N–H and O–H groups in total. The van der Waals surface area contributed by atoms with Crippen molar-refractivity contribution >= 4 is 22.9 Å². The maximum Gasteiger partial charge on any atom is 0.222 e. The standard InChI is InChI=1S/C16H17N5O2.H2/c1-9-13(8-18-16-15(9)21(4)10(2)19-16)23-12-5-6-17-14(7-12)20-11(3)22;/h5-8H,1-4H3,(H,17,20,22);1H. The van der Waals surface area contributed by atoms with Crippen LogP contribution in [0.5, 0.6) is 11.5 Å². The molecule has 0 aromatic carbocycles. The number of amides is 1. The summed E-state index contributed by atoms with van der Waals surface area (Å²) in [6.07, 6.45) is 3.23. The lowest BCUT2D eigenvalue weighted by Gasteiger charge is -2.10. The number of fused-ring (bicyclic) bond motifs is 1. The monoisotopic (exact) mass is 313 g/mol. The van der Waals surface area contributed by atoms with Gasteiger partial charge in [-0.05, 0) is 19.9 Å². The summed E-state index contributed by atoms with van der Waals surface area (Å²) in [6.45, 7) is 5.34. The number of ether oxygens (including phenoxy) is 1. The fourth-order valence-corrected chi connectivity index (χ4v) is 2.39. The maximum atomic E-state index is 11.1. The minimum Gasteiger partial charge on any atom is -0.455 e. The van der Waals surface area contributed by atoms with Crippen LogP contribution in [-0.4, -0.2) is 25.4 Å². The van der Waals surface area contributed by atoms with Gasteiger partial charge in [-0.3, -0.25) is 4.79 Å². The second kappa shape index (κ2) is 5.68. The quantitative estimate of drug-likeness (QED) is 0.804. The molecule has 0 aliphatic carbocycles. The van der Waals surface area contributed by atoms with E-state index in [0.717, 1.165) is 16.9 Å². The van der Waals surface area contributed by atoms with E-state index in [1.807, 2.05) is 25.5 Å². The average Bonchev–Trinajstić information content (AvgIpc) is 2.78. The summed E-state index contributed by atoms with van der Waals surface area (Å²) in [5, 5.41) is 2.63. The molecule has 0 saturated heterocycles. The van der Waals surface area contributed by atoms with Gasteiger partial charge in [0.15, 0.2) is 11.4 Å². The molecule has 0 aliphatic heterocycles. The molecule has 0 saturated carbocycles. The first-order valence-corrected chi connectivity index (χ1v) is 7.16. The first kappa shape index (κ1) is 15.0. The molecule has 23 heavy (non-hydrogen) atoms. The van der Waals surface area contributed by atoms with Crippen molar-refractivity contribution in [2.24, 2.45) is 7.05 Å². The van der Waals surface area contributed by atoms with Gasteiger partial charge in [0.05, 0.1) is 11.7 Å². The smallest absolute Gasteiger partial charge is 0.222 e. The van der Waals surface area contributed by atoms with E-state index in [2.05, 4.69) is 20.3 Å². The molecule has 0 atom stereocenters. The summed E-state index contributed by atoms with van der Waals surface area (Å²) < 4.78 is 7.89. The highest BCUT2D eigenvalue weighted by Gasteiger charge is 2.13. The van der Waals surface area contributed by atoms with Gasteiger partial charge in [0.1, 0.15) is 17.4 Å². The third-order valence-electron chi connectivity index (χ3n) is 3.59. The summed E-state index contributed by atoms with van der Waals surface area (Å²) in [5.41, 5.74) is 2.59. The van der Waals surface area contributed by atoms with E-state index < -0.39 is 0 Å². The first-order chi connectivity index (χ1) is 11.0. The van der Waals surface area contributed by atoms with Crippen molar-refractivity contribution in [1.82, 2.24) is 19.5 Å². The molecule has 3 aromatic heterocycles. The van der Waals surface area contributed by atoms with Crippen LogP contribution in [0.15, 0.2) is 24.5 Å². The molecule has 7 heteroatoms. The molecule has 0 spiro atoms. The van der Waals surface area contributed by atoms with Crippen LogP contribution < -0.4 is 10.1 Å². The van der Waals surface area contributed by atoms with Crippen molar-refractivity contribution in [1.29, 1.82) is 0 Å². The van der Waals surface area contributed by atoms with Gasteiger partial charge in [0.25, 0.3) is 0 Å². The minimum absolute atomic E-state index is 0. The maximum absolute atomic E-state index is 11.1. The first-order valence-electron chi connectivity index (χ1n) is 7.16. The molecule has 3 heterocycles. The number of nitrogens with zero attached hydrogens (tertiary/aromatic N) is 4. The minimum atomic E-state index is -0.181. The second-order valence-electron chi connectivity index (χ2n) is 5.30. The Hall–Kier alpha value is -2.96. The largest absolute Gasteiger partial charge is 0.455 e. The van der Waals surface area contributed by atoms with Crippen LogP contribution in [-0.2, 0) is 11.8 Å². The van der Waals surface area contributed by atoms with E-state index in [9.17, 15) is 4.79 Å². The zero-order valence-electron chi connectivity index (χ0n) is 13.4. The van der Waals surface area contributed by atoms with Gasteiger partial charge in [-0.2, -0.15) is 0 Å². The van der Waals surface area contributed by atoms with Crippen molar-refractivity contribution in [3.63, 3.8) is 0 Å². The molecule has 0 radical (unpaired) electrons. The predicted octanol–water partition coefficient (Wildman–Crippen LogP) is 2.98. The van der Waals surface area contributed by atoms with Crippen LogP contribution in [0.4, 0.5) is 5.82 Å². The summed E-state index contributed by atoms with van der Waals surface area (Å²) >= 11 is 0. The van der Waals surface area contributed by atoms with E-state index >= 15 is 0 Å². The molecule has 7 nitrogen and oxygen atoms in total. The highest BCUT2D eigenvalue weighted by Crippen LogP contribution is 2.30. The molecule has 3 aromatic rings. The van der Waals surface area contributed by atoms with Crippen LogP contribution in [0.3, 0.4) is 0 Å². The van der Waals surface area contributed by atoms with Gasteiger partial charge < -0.3 is 14.6 Å². The number of carbonyl (C=O) groups excluding carboxylic acids is 1. The Morgan fingerprint density at radius 1 is 1.35 bits per heavy atom. The van der Waals surface area contributed by atoms with Crippen molar-refractivity contribution in [3.05, 3.63) is 35.9 Å². The van der Waals surface area contributed by atoms with E-state index in [4.69, 9.17) is 4.74 Å².